The molecule has 8 nitrogen and oxygen atoms in total. The summed E-state index contributed by atoms with van der Waals surface area (Å²) in [5, 5.41) is 9.90. The Hall–Kier alpha value is -4.46. The van der Waals surface area contributed by atoms with Crippen molar-refractivity contribution in [3.63, 3.8) is 0 Å². The first kappa shape index (κ1) is 19.2. The molecule has 0 atom stereocenters. The number of hydrogen-bond donors (Lipinski definition) is 2. The minimum absolute atomic E-state index is 0.868. The van der Waals surface area contributed by atoms with Crippen molar-refractivity contribution in [2.45, 2.75) is 6.92 Å². The van der Waals surface area contributed by atoms with Crippen LogP contribution >= 0.6 is 0 Å². The molecule has 0 spiro atoms. The number of rotatable bonds is 4. The number of imidazole rings is 1. The second-order valence-electron chi connectivity index (χ2n) is 8.38. The Morgan fingerprint density at radius 2 is 1.76 bits per heavy atom. The number of fused-ring (bicyclic) bond motifs is 2. The molecule has 0 unspecified atom stereocenters. The van der Waals surface area contributed by atoms with E-state index in [0.717, 1.165) is 61.4 Å². The summed E-state index contributed by atoms with van der Waals surface area (Å²) in [6.45, 7) is 1.98. The molecule has 6 aromatic rings. The fraction of sp³-hybridized carbons (Fsp3) is 0.120. The third-order valence-electron chi connectivity index (χ3n) is 5.91. The van der Waals surface area contributed by atoms with E-state index >= 15 is 0 Å². The van der Waals surface area contributed by atoms with Crippen molar-refractivity contribution in [2.24, 2.45) is 0 Å². The van der Waals surface area contributed by atoms with Crippen LogP contribution in [-0.4, -0.2) is 48.8 Å². The maximum Gasteiger partial charge on any atom is 0.116 e. The molecule has 8 heteroatoms. The molecule has 0 saturated heterocycles. The van der Waals surface area contributed by atoms with E-state index in [1.807, 2.05) is 62.9 Å². The molecule has 0 amide bonds. The smallest absolute Gasteiger partial charge is 0.116 e. The van der Waals surface area contributed by atoms with E-state index < -0.39 is 0 Å². The molecule has 1 aromatic carbocycles. The molecule has 162 valence electrons. The number of anilines is 1. The number of nitrogens with zero attached hydrogens (tertiary/aromatic N) is 6. The van der Waals surface area contributed by atoms with Crippen LogP contribution in [0.3, 0.4) is 0 Å². The average Bonchev–Trinajstić information content (AvgIpc) is 3.55. The summed E-state index contributed by atoms with van der Waals surface area (Å²) in [5.74, 6) is 0. The molecule has 0 aliphatic heterocycles. The Balaban J connectivity index is 1.48. The molecule has 0 radical (unpaired) electrons. The van der Waals surface area contributed by atoms with Crippen LogP contribution in [0.4, 0.5) is 5.69 Å². The van der Waals surface area contributed by atoms with Gasteiger partial charge in [-0.1, -0.05) is 6.07 Å². The molecule has 0 fully saturated rings. The van der Waals surface area contributed by atoms with Gasteiger partial charge in [-0.15, -0.1) is 0 Å². The molecule has 0 aliphatic rings. The molecule has 0 bridgehead atoms. The fourth-order valence-corrected chi connectivity index (χ4v) is 4.15. The highest BCUT2D eigenvalue weighted by Crippen LogP contribution is 2.33. The minimum atomic E-state index is 0.868. The normalized spacial score (nSPS) is 11.5. The minimum Gasteiger partial charge on any atom is -0.376 e. The van der Waals surface area contributed by atoms with Crippen LogP contribution in [0.2, 0.25) is 0 Å². The highest BCUT2D eigenvalue weighted by molar-refractivity contribution is 5.99. The van der Waals surface area contributed by atoms with Crippen molar-refractivity contribution in [3.8, 4) is 28.2 Å². The van der Waals surface area contributed by atoms with Crippen molar-refractivity contribution >= 4 is 27.5 Å². The lowest BCUT2D eigenvalue weighted by Gasteiger charge is -2.13. The molecule has 33 heavy (non-hydrogen) atoms. The third-order valence-corrected chi connectivity index (χ3v) is 5.91. The van der Waals surface area contributed by atoms with Crippen LogP contribution in [0.1, 0.15) is 5.69 Å². The monoisotopic (exact) mass is 434 g/mol. The zero-order valence-electron chi connectivity index (χ0n) is 18.5. The zero-order chi connectivity index (χ0) is 22.5. The Morgan fingerprint density at radius 3 is 2.58 bits per heavy atom. The first-order valence-corrected chi connectivity index (χ1v) is 10.7. The Bertz CT molecular complexity index is 1620. The Kier molecular flexibility index (Phi) is 4.26. The summed E-state index contributed by atoms with van der Waals surface area (Å²) in [4.78, 5) is 18.7. The lowest BCUT2D eigenvalue weighted by Crippen LogP contribution is -2.08. The molecule has 5 heterocycles. The van der Waals surface area contributed by atoms with E-state index in [1.54, 1.807) is 0 Å². The molecule has 0 saturated carbocycles. The van der Waals surface area contributed by atoms with Crippen LogP contribution < -0.4 is 4.90 Å². The number of aromatic amines is 2. The van der Waals surface area contributed by atoms with Gasteiger partial charge in [0.1, 0.15) is 5.69 Å². The molecular formula is C25H22N8. The Labute approximate surface area is 190 Å². The predicted molar refractivity (Wildman–Crippen MR) is 131 cm³/mol. The van der Waals surface area contributed by atoms with Crippen molar-refractivity contribution in [3.05, 3.63) is 73.3 Å². The maximum atomic E-state index is 4.63. The topological polar surface area (TPSA) is 91.3 Å². The van der Waals surface area contributed by atoms with Gasteiger partial charge in [0.15, 0.2) is 0 Å². The van der Waals surface area contributed by atoms with E-state index in [0.29, 0.717) is 0 Å². The SMILES string of the molecule is Cc1cn(-c2cncc3[nH]c(-c4n[nH]c5ccc(-c6cncc(N(C)C)c6)cc45)cc23)cn1. The van der Waals surface area contributed by atoms with Crippen LogP contribution in [0.25, 0.3) is 50.0 Å². The van der Waals surface area contributed by atoms with Crippen LogP contribution in [0.5, 0.6) is 0 Å². The molecular weight excluding hydrogens is 412 g/mol. The highest BCUT2D eigenvalue weighted by atomic mass is 15.1. The van der Waals surface area contributed by atoms with Crippen LogP contribution in [0, 0.1) is 6.92 Å². The first-order chi connectivity index (χ1) is 16.1. The summed E-state index contributed by atoms with van der Waals surface area (Å²) in [6, 6.07) is 10.6. The van der Waals surface area contributed by atoms with E-state index in [9.17, 15) is 0 Å². The van der Waals surface area contributed by atoms with Crippen molar-refractivity contribution in [1.29, 1.82) is 0 Å². The number of H-pyrrole nitrogens is 2. The summed E-state index contributed by atoms with van der Waals surface area (Å²) >= 11 is 0. The van der Waals surface area contributed by atoms with E-state index in [2.05, 4.69) is 65.4 Å². The largest absolute Gasteiger partial charge is 0.376 e. The van der Waals surface area contributed by atoms with Crippen molar-refractivity contribution in [1.82, 2.24) is 34.7 Å². The number of benzene rings is 1. The molecule has 2 N–H and O–H groups in total. The summed E-state index contributed by atoms with van der Waals surface area (Å²) in [7, 11) is 4.03. The van der Waals surface area contributed by atoms with E-state index in [1.165, 1.54) is 0 Å². The molecule has 0 aliphatic carbocycles. The third kappa shape index (κ3) is 3.23. The number of pyridine rings is 2. The molecule has 5 aromatic heterocycles. The van der Waals surface area contributed by atoms with Crippen LogP contribution in [-0.2, 0) is 0 Å². The number of aromatic nitrogens is 7. The van der Waals surface area contributed by atoms with Gasteiger partial charge in [-0.3, -0.25) is 15.1 Å². The summed E-state index contributed by atoms with van der Waals surface area (Å²) in [6.07, 6.45) is 11.3. The number of hydrogen-bond acceptors (Lipinski definition) is 5. The van der Waals surface area contributed by atoms with Crippen molar-refractivity contribution in [2.75, 3.05) is 19.0 Å². The van der Waals surface area contributed by atoms with Gasteiger partial charge in [-0.2, -0.15) is 5.10 Å². The first-order valence-electron chi connectivity index (χ1n) is 10.7. The van der Waals surface area contributed by atoms with E-state index in [-0.39, 0.29) is 0 Å². The van der Waals surface area contributed by atoms with Crippen LogP contribution in [0.15, 0.2) is 67.6 Å². The maximum absolute atomic E-state index is 4.63. The fourth-order valence-electron chi connectivity index (χ4n) is 4.15. The summed E-state index contributed by atoms with van der Waals surface area (Å²) < 4.78 is 1.99. The quantitative estimate of drug-likeness (QED) is 0.419. The number of aryl methyl sites for hydroxylation is 1. The lowest BCUT2D eigenvalue weighted by molar-refractivity contribution is 1.05. The lowest BCUT2D eigenvalue weighted by atomic mass is 10.0. The predicted octanol–water partition coefficient (Wildman–Crippen LogP) is 4.73. The number of nitrogens with one attached hydrogen (secondary N) is 2. The summed E-state index contributed by atoms with van der Waals surface area (Å²) in [5.41, 5.74) is 8.88. The van der Waals surface area contributed by atoms with Gasteiger partial charge < -0.3 is 14.5 Å². The van der Waals surface area contributed by atoms with Gasteiger partial charge in [-0.25, -0.2) is 4.98 Å². The van der Waals surface area contributed by atoms with Gasteiger partial charge in [0.25, 0.3) is 0 Å². The Morgan fingerprint density at radius 1 is 0.879 bits per heavy atom. The second kappa shape index (κ2) is 7.30. The van der Waals surface area contributed by atoms with E-state index in [4.69, 9.17) is 0 Å². The van der Waals surface area contributed by atoms with Crippen molar-refractivity contribution < 1.29 is 0 Å². The average molecular weight is 435 g/mol. The zero-order valence-corrected chi connectivity index (χ0v) is 18.5. The molecule has 6 rings (SSSR count). The van der Waals surface area contributed by atoms with Gasteiger partial charge in [-0.05, 0) is 36.8 Å². The van der Waals surface area contributed by atoms with Gasteiger partial charge in [0.2, 0.25) is 0 Å². The van der Waals surface area contributed by atoms with Gasteiger partial charge in [0.05, 0.1) is 58.7 Å². The second-order valence-corrected chi connectivity index (χ2v) is 8.38. The van der Waals surface area contributed by atoms with Gasteiger partial charge in [0, 0.05) is 42.8 Å². The standard InChI is InChI=1S/C25H22N8/c1-15-13-33(14-28-15)24-12-27-11-23-19(24)8-22(29-23)25-20-7-16(4-5-21(20)30-31-25)17-6-18(32(2)3)10-26-9-17/h4-14,29H,1-3H3,(H,30,31). The van der Waals surface area contributed by atoms with Gasteiger partial charge >= 0.3 is 0 Å². The highest BCUT2D eigenvalue weighted by Gasteiger charge is 2.15.